The number of aliphatic imine (C=N–C) groups is 1. The van der Waals surface area contributed by atoms with Gasteiger partial charge >= 0.3 is 0 Å². The molecule has 2 nitrogen and oxygen atoms in total. The molecule has 1 aliphatic rings. The van der Waals surface area contributed by atoms with E-state index < -0.39 is 0 Å². The van der Waals surface area contributed by atoms with Crippen LogP contribution in [0, 0.1) is 0 Å². The van der Waals surface area contributed by atoms with Crippen LogP contribution in [0.3, 0.4) is 0 Å². The van der Waals surface area contributed by atoms with Crippen molar-refractivity contribution in [1.82, 2.24) is 0 Å². The van der Waals surface area contributed by atoms with Gasteiger partial charge in [0.15, 0.2) is 0 Å². The number of carbonyl (C=O) groups is 1. The Kier molecular flexibility index (Phi) is 2.42. The van der Waals surface area contributed by atoms with Crippen molar-refractivity contribution < 1.29 is 4.79 Å². The molecule has 0 saturated heterocycles. The average molecular weight is 205 g/mol. The number of benzene rings is 1. The zero-order valence-electron chi connectivity index (χ0n) is 7.93. The molecule has 0 saturated carbocycles. The van der Waals surface area contributed by atoms with Gasteiger partial charge in [0.25, 0.3) is 5.91 Å². The summed E-state index contributed by atoms with van der Waals surface area (Å²) in [5.74, 6) is -0.0219. The lowest BCUT2D eigenvalue weighted by molar-refractivity contribution is -0.119. The molecule has 0 fully saturated rings. The van der Waals surface area contributed by atoms with Crippen molar-refractivity contribution in [3.05, 3.63) is 35.9 Å². The molecule has 14 heavy (non-hydrogen) atoms. The Morgan fingerprint density at radius 1 is 1.36 bits per heavy atom. The van der Waals surface area contributed by atoms with E-state index in [-0.39, 0.29) is 10.7 Å². The second-order valence-electron chi connectivity index (χ2n) is 3.55. The normalized spacial score (nSPS) is 25.6. The largest absolute Gasteiger partial charge is 0.271 e. The van der Waals surface area contributed by atoms with E-state index >= 15 is 0 Å². The summed E-state index contributed by atoms with van der Waals surface area (Å²) in [7, 11) is 0. The van der Waals surface area contributed by atoms with E-state index in [0.717, 1.165) is 6.42 Å². The van der Waals surface area contributed by atoms with Gasteiger partial charge in [-0.2, -0.15) is 0 Å². The minimum Gasteiger partial charge on any atom is -0.271 e. The molecular formula is C11H11NOS. The molecule has 0 radical (unpaired) electrons. The molecule has 1 amide bonds. The Labute approximate surface area is 87.4 Å². The van der Waals surface area contributed by atoms with Crippen LogP contribution in [0.2, 0.25) is 0 Å². The van der Waals surface area contributed by atoms with Gasteiger partial charge in [-0.25, -0.2) is 4.99 Å². The Balaban J connectivity index is 2.16. The van der Waals surface area contributed by atoms with Crippen LogP contribution in [0.4, 0.5) is 0 Å². The van der Waals surface area contributed by atoms with E-state index in [1.165, 1.54) is 17.3 Å². The van der Waals surface area contributed by atoms with Gasteiger partial charge in [0, 0.05) is 0 Å². The third-order valence-corrected chi connectivity index (χ3v) is 3.37. The van der Waals surface area contributed by atoms with Gasteiger partial charge in [0.1, 0.15) is 4.75 Å². The van der Waals surface area contributed by atoms with Crippen LogP contribution in [-0.2, 0) is 11.2 Å². The van der Waals surface area contributed by atoms with Crippen molar-refractivity contribution in [2.45, 2.75) is 18.1 Å². The number of nitrogens with zero attached hydrogens (tertiary/aromatic N) is 1. The van der Waals surface area contributed by atoms with E-state index in [1.54, 1.807) is 5.55 Å². The fourth-order valence-corrected chi connectivity index (χ4v) is 2.26. The van der Waals surface area contributed by atoms with Crippen molar-refractivity contribution >= 4 is 23.2 Å². The predicted octanol–water partition coefficient (Wildman–Crippen LogP) is 2.29. The number of hydrogen-bond acceptors (Lipinski definition) is 2. The highest BCUT2D eigenvalue weighted by Crippen LogP contribution is 2.33. The van der Waals surface area contributed by atoms with Gasteiger partial charge in [-0.05, 0) is 18.9 Å². The standard InChI is InChI=1S/C11H11NOS/c1-11(10(13)12-8-14-11)7-9-5-3-2-4-6-9/h2-6,8H,7H2,1H3. The summed E-state index contributed by atoms with van der Waals surface area (Å²) in [4.78, 5) is 15.3. The lowest BCUT2D eigenvalue weighted by Gasteiger charge is -2.18. The Bertz CT molecular complexity index is 374. The first-order valence-corrected chi connectivity index (χ1v) is 5.37. The highest BCUT2D eigenvalue weighted by molar-refractivity contribution is 8.14. The van der Waals surface area contributed by atoms with E-state index in [2.05, 4.69) is 4.99 Å². The molecule has 2 rings (SSSR count). The Morgan fingerprint density at radius 2 is 2.07 bits per heavy atom. The number of rotatable bonds is 2. The van der Waals surface area contributed by atoms with Crippen molar-refractivity contribution in [1.29, 1.82) is 0 Å². The molecule has 1 heterocycles. The van der Waals surface area contributed by atoms with Crippen LogP contribution in [0.15, 0.2) is 35.3 Å². The molecule has 0 N–H and O–H groups in total. The molecule has 1 aliphatic heterocycles. The summed E-state index contributed by atoms with van der Waals surface area (Å²) in [6.07, 6.45) is 0.747. The third-order valence-electron chi connectivity index (χ3n) is 2.32. The summed E-state index contributed by atoms with van der Waals surface area (Å²) < 4.78 is -0.388. The molecular weight excluding hydrogens is 194 g/mol. The lowest BCUT2D eigenvalue weighted by atomic mass is 10.00. The van der Waals surface area contributed by atoms with Crippen LogP contribution in [0.5, 0.6) is 0 Å². The van der Waals surface area contributed by atoms with Crippen molar-refractivity contribution in [2.24, 2.45) is 4.99 Å². The van der Waals surface area contributed by atoms with E-state index in [1.807, 2.05) is 37.3 Å². The number of hydrogen-bond donors (Lipinski definition) is 0. The average Bonchev–Trinajstić information content (AvgIpc) is 2.48. The highest BCUT2D eigenvalue weighted by Gasteiger charge is 2.36. The van der Waals surface area contributed by atoms with Crippen LogP contribution >= 0.6 is 11.8 Å². The summed E-state index contributed by atoms with van der Waals surface area (Å²) in [5.41, 5.74) is 2.83. The number of amides is 1. The Morgan fingerprint density at radius 3 is 2.64 bits per heavy atom. The quantitative estimate of drug-likeness (QED) is 0.741. The molecule has 3 heteroatoms. The molecule has 1 aromatic carbocycles. The van der Waals surface area contributed by atoms with Crippen molar-refractivity contribution in [3.63, 3.8) is 0 Å². The summed E-state index contributed by atoms with van der Waals surface area (Å²) in [6, 6.07) is 10.0. The van der Waals surface area contributed by atoms with Crippen molar-refractivity contribution in [3.8, 4) is 0 Å². The van der Waals surface area contributed by atoms with Crippen LogP contribution in [-0.4, -0.2) is 16.2 Å². The molecule has 72 valence electrons. The maximum atomic E-state index is 11.5. The fourth-order valence-electron chi connectivity index (χ4n) is 1.48. The number of carbonyl (C=O) groups excluding carboxylic acids is 1. The second kappa shape index (κ2) is 3.58. The minimum absolute atomic E-state index is 0.0219. The lowest BCUT2D eigenvalue weighted by Crippen LogP contribution is -2.29. The third kappa shape index (κ3) is 1.73. The summed E-state index contributed by atoms with van der Waals surface area (Å²) in [5, 5.41) is 0. The maximum Gasteiger partial charge on any atom is 0.262 e. The van der Waals surface area contributed by atoms with Gasteiger partial charge in [-0.3, -0.25) is 4.79 Å². The molecule has 0 aliphatic carbocycles. The molecule has 0 aromatic heterocycles. The van der Waals surface area contributed by atoms with E-state index in [4.69, 9.17) is 0 Å². The molecule has 1 aromatic rings. The highest BCUT2D eigenvalue weighted by atomic mass is 32.2. The van der Waals surface area contributed by atoms with Gasteiger partial charge < -0.3 is 0 Å². The molecule has 1 atom stereocenters. The first-order chi connectivity index (χ1) is 6.71. The zero-order chi connectivity index (χ0) is 10.0. The minimum atomic E-state index is -0.388. The SMILES string of the molecule is CC1(Cc2ccccc2)SC=NC1=O. The summed E-state index contributed by atoms with van der Waals surface area (Å²) >= 11 is 1.51. The fraction of sp³-hybridized carbons (Fsp3) is 0.273. The second-order valence-corrected chi connectivity index (χ2v) is 4.90. The van der Waals surface area contributed by atoms with Crippen LogP contribution in [0.1, 0.15) is 12.5 Å². The molecule has 0 spiro atoms. The zero-order valence-corrected chi connectivity index (χ0v) is 8.75. The Hall–Kier alpha value is -1.09. The summed E-state index contributed by atoms with van der Waals surface area (Å²) in [6.45, 7) is 1.94. The van der Waals surface area contributed by atoms with Crippen LogP contribution < -0.4 is 0 Å². The maximum absolute atomic E-state index is 11.5. The first-order valence-electron chi connectivity index (χ1n) is 4.49. The van der Waals surface area contributed by atoms with E-state index in [9.17, 15) is 4.79 Å². The van der Waals surface area contributed by atoms with Gasteiger partial charge in [0.2, 0.25) is 0 Å². The first kappa shape index (κ1) is 9.46. The van der Waals surface area contributed by atoms with Crippen LogP contribution in [0.25, 0.3) is 0 Å². The van der Waals surface area contributed by atoms with Gasteiger partial charge in [-0.15, -0.1) is 0 Å². The smallest absolute Gasteiger partial charge is 0.262 e. The van der Waals surface area contributed by atoms with Gasteiger partial charge in [-0.1, -0.05) is 42.1 Å². The number of thioether (sulfide) groups is 1. The molecule has 1 unspecified atom stereocenters. The topological polar surface area (TPSA) is 29.4 Å². The monoisotopic (exact) mass is 205 g/mol. The predicted molar refractivity (Wildman–Crippen MR) is 59.6 cm³/mol. The van der Waals surface area contributed by atoms with Crippen molar-refractivity contribution in [2.75, 3.05) is 0 Å². The van der Waals surface area contributed by atoms with Gasteiger partial charge in [0.05, 0.1) is 5.55 Å². The van der Waals surface area contributed by atoms with E-state index in [0.29, 0.717) is 0 Å². The molecule has 0 bridgehead atoms.